The highest BCUT2D eigenvalue weighted by molar-refractivity contribution is 5.88. The van der Waals surface area contributed by atoms with Crippen molar-refractivity contribution in [2.75, 3.05) is 20.6 Å². The number of nitrogens with zero attached hydrogens (tertiary/aromatic N) is 1. The van der Waals surface area contributed by atoms with E-state index in [4.69, 9.17) is 9.84 Å². The first-order valence-electron chi connectivity index (χ1n) is 10.2. The molecule has 3 N–H and O–H groups in total. The minimum atomic E-state index is -2.78. The molecule has 0 aliphatic heterocycles. The Hall–Kier alpha value is -3.23. The van der Waals surface area contributed by atoms with Crippen molar-refractivity contribution in [1.29, 1.82) is 0 Å². The molecule has 0 saturated heterocycles. The number of carbonyl (C=O) groups excluding carboxylic acids is 1. The molecule has 0 aromatic heterocycles. The summed E-state index contributed by atoms with van der Waals surface area (Å²) in [6, 6.07) is 16.5. The molecule has 2 aromatic rings. The molecule has 2 rings (SSSR count). The molecule has 0 spiro atoms. The van der Waals surface area contributed by atoms with Crippen LogP contribution in [0.15, 0.2) is 54.6 Å². The van der Waals surface area contributed by atoms with Gasteiger partial charge >= 0.3 is 17.9 Å². The molecule has 0 amide bonds. The lowest BCUT2D eigenvalue weighted by Gasteiger charge is -2.37. The summed E-state index contributed by atoms with van der Waals surface area (Å²) >= 11 is 0. The van der Waals surface area contributed by atoms with E-state index in [1.54, 1.807) is 0 Å². The lowest BCUT2D eigenvalue weighted by atomic mass is 9.80. The number of aliphatic carboxylic acids is 2. The highest BCUT2D eigenvalue weighted by Crippen LogP contribution is 2.40. The van der Waals surface area contributed by atoms with Crippen molar-refractivity contribution >= 4 is 17.9 Å². The second-order valence-electron chi connectivity index (χ2n) is 8.12. The van der Waals surface area contributed by atoms with Crippen LogP contribution in [0.3, 0.4) is 0 Å². The van der Waals surface area contributed by atoms with Crippen molar-refractivity contribution in [3.8, 4) is 0 Å². The van der Waals surface area contributed by atoms with Gasteiger partial charge in [0.15, 0.2) is 11.2 Å². The lowest BCUT2D eigenvalue weighted by molar-refractivity contribution is -0.177. The second kappa shape index (κ2) is 10.4. The largest absolute Gasteiger partial charge is 0.481 e. The van der Waals surface area contributed by atoms with Crippen LogP contribution in [0.25, 0.3) is 0 Å². The van der Waals surface area contributed by atoms with Crippen molar-refractivity contribution in [2.45, 2.75) is 37.4 Å². The number of carboxylic acids is 2. The van der Waals surface area contributed by atoms with Gasteiger partial charge in [-0.15, -0.1) is 0 Å². The molecule has 0 saturated carbocycles. The number of hydrogen-bond donors (Lipinski definition) is 3. The van der Waals surface area contributed by atoms with Crippen molar-refractivity contribution in [1.82, 2.24) is 4.90 Å². The zero-order valence-electron chi connectivity index (χ0n) is 18.4. The van der Waals surface area contributed by atoms with Gasteiger partial charge in [-0.2, -0.15) is 0 Å². The van der Waals surface area contributed by atoms with Gasteiger partial charge in [-0.25, -0.2) is 4.79 Å². The van der Waals surface area contributed by atoms with Crippen molar-refractivity contribution in [3.63, 3.8) is 0 Å². The Bertz CT molecular complexity index is 960. The molecule has 8 nitrogen and oxygen atoms in total. The third kappa shape index (κ3) is 5.93. The topological polar surface area (TPSA) is 124 Å². The molecule has 0 bridgehead atoms. The first kappa shape index (κ1) is 25.0. The van der Waals surface area contributed by atoms with Crippen molar-refractivity contribution in [3.05, 3.63) is 71.3 Å². The van der Waals surface area contributed by atoms with E-state index in [1.165, 1.54) is 0 Å². The summed E-state index contributed by atoms with van der Waals surface area (Å²) in [4.78, 5) is 37.6. The van der Waals surface area contributed by atoms with Gasteiger partial charge in [-0.1, -0.05) is 54.6 Å². The minimum absolute atomic E-state index is 0.352. The van der Waals surface area contributed by atoms with Crippen molar-refractivity contribution < 1.29 is 34.4 Å². The zero-order valence-corrected chi connectivity index (χ0v) is 18.4. The van der Waals surface area contributed by atoms with Gasteiger partial charge in [0.05, 0.1) is 12.8 Å². The number of carboxylic acid groups (broad SMARTS) is 2. The number of ether oxygens (including phenoxy) is 1. The summed E-state index contributed by atoms with van der Waals surface area (Å²) in [7, 11) is 3.76. The Morgan fingerprint density at radius 1 is 0.938 bits per heavy atom. The molecule has 0 aliphatic rings. The lowest BCUT2D eigenvalue weighted by Crippen LogP contribution is -2.45. The summed E-state index contributed by atoms with van der Waals surface area (Å²) < 4.78 is 5.99. The highest BCUT2D eigenvalue weighted by Gasteiger charge is 2.45. The van der Waals surface area contributed by atoms with Gasteiger partial charge in [-0.3, -0.25) is 9.59 Å². The van der Waals surface area contributed by atoms with E-state index in [0.29, 0.717) is 18.5 Å². The maximum atomic E-state index is 13.0. The molecule has 2 atom stereocenters. The number of carbonyl (C=O) groups is 3. The van der Waals surface area contributed by atoms with Crippen LogP contribution in [0.2, 0.25) is 0 Å². The van der Waals surface area contributed by atoms with Crippen LogP contribution in [0.5, 0.6) is 0 Å². The van der Waals surface area contributed by atoms with Crippen LogP contribution >= 0.6 is 0 Å². The molecule has 2 aromatic carbocycles. The summed E-state index contributed by atoms with van der Waals surface area (Å²) in [6.07, 6.45) is -1.78. The average Bonchev–Trinajstić information content (AvgIpc) is 2.71. The number of aryl methyl sites for hydroxylation is 1. The Kier molecular flexibility index (Phi) is 8.13. The van der Waals surface area contributed by atoms with E-state index in [2.05, 4.69) is 0 Å². The van der Waals surface area contributed by atoms with Crippen LogP contribution in [0, 0.1) is 6.92 Å². The van der Waals surface area contributed by atoms with E-state index in [9.17, 15) is 24.6 Å². The SMILES string of the molecule is Cc1ccccc1C(CCN(C)C)(OC(=O)CC(O)(CC(=O)O)C(=O)O)c1ccccc1. The molecular weight excluding hydrogens is 414 g/mol. The smallest absolute Gasteiger partial charge is 0.336 e. The van der Waals surface area contributed by atoms with E-state index in [0.717, 1.165) is 11.1 Å². The summed E-state index contributed by atoms with van der Waals surface area (Å²) in [6.45, 7) is 2.42. The molecule has 32 heavy (non-hydrogen) atoms. The Balaban J connectivity index is 2.57. The van der Waals surface area contributed by atoms with Crippen LogP contribution in [-0.2, 0) is 24.7 Å². The zero-order chi connectivity index (χ0) is 23.9. The molecule has 0 aliphatic carbocycles. The predicted molar refractivity (Wildman–Crippen MR) is 117 cm³/mol. The normalized spacial score (nSPS) is 14.9. The molecule has 0 radical (unpaired) electrons. The standard InChI is InChI=1S/C24H29NO7/c1-17-9-7-8-12-19(17)24(13-14-25(2)3,18-10-5-4-6-11-18)32-21(28)16-23(31,22(29)30)15-20(26)27/h4-12,31H,13-16H2,1-3H3,(H,26,27)(H,29,30). The molecule has 172 valence electrons. The Morgan fingerprint density at radius 3 is 2.06 bits per heavy atom. The van der Waals surface area contributed by atoms with Gasteiger partial charge in [-0.05, 0) is 26.6 Å². The number of esters is 1. The van der Waals surface area contributed by atoms with Gasteiger partial charge in [0, 0.05) is 24.1 Å². The van der Waals surface area contributed by atoms with Crippen LogP contribution in [0.1, 0.15) is 36.0 Å². The molecule has 0 heterocycles. The first-order chi connectivity index (χ1) is 15.0. The number of rotatable bonds is 11. The summed E-state index contributed by atoms with van der Waals surface area (Å²) in [5.41, 5.74) is -1.78. The molecule has 2 unspecified atom stereocenters. The van der Waals surface area contributed by atoms with E-state index in [-0.39, 0.29) is 0 Å². The van der Waals surface area contributed by atoms with Gasteiger partial charge in [0.25, 0.3) is 0 Å². The van der Waals surface area contributed by atoms with Crippen LogP contribution < -0.4 is 0 Å². The quantitative estimate of drug-likeness (QED) is 0.452. The monoisotopic (exact) mass is 443 g/mol. The fourth-order valence-corrected chi connectivity index (χ4v) is 3.65. The maximum absolute atomic E-state index is 13.0. The van der Waals surface area contributed by atoms with E-state index >= 15 is 0 Å². The number of benzene rings is 2. The maximum Gasteiger partial charge on any atom is 0.336 e. The molecule has 0 fully saturated rings. The molecule has 8 heteroatoms. The van der Waals surface area contributed by atoms with Gasteiger partial charge in [0.2, 0.25) is 0 Å². The Morgan fingerprint density at radius 2 is 1.53 bits per heavy atom. The second-order valence-corrected chi connectivity index (χ2v) is 8.12. The predicted octanol–water partition coefficient (Wildman–Crippen LogP) is 2.41. The third-order valence-corrected chi connectivity index (χ3v) is 5.30. The fourth-order valence-electron chi connectivity index (χ4n) is 3.65. The Labute approximate surface area is 187 Å². The van der Waals surface area contributed by atoms with Gasteiger partial charge < -0.3 is 25.0 Å². The number of hydrogen-bond acceptors (Lipinski definition) is 6. The first-order valence-corrected chi connectivity index (χ1v) is 10.2. The van der Waals surface area contributed by atoms with Crippen molar-refractivity contribution in [2.24, 2.45) is 0 Å². The average molecular weight is 443 g/mol. The van der Waals surface area contributed by atoms with Crippen LogP contribution in [0.4, 0.5) is 0 Å². The fraction of sp³-hybridized carbons (Fsp3) is 0.375. The summed E-state index contributed by atoms with van der Waals surface area (Å²) in [5, 5.41) is 28.7. The number of aliphatic hydroxyl groups is 1. The highest BCUT2D eigenvalue weighted by atomic mass is 16.6. The molecular formula is C24H29NO7. The van der Waals surface area contributed by atoms with E-state index < -0.39 is 42.0 Å². The van der Waals surface area contributed by atoms with E-state index in [1.807, 2.05) is 80.5 Å². The minimum Gasteiger partial charge on any atom is -0.481 e. The van der Waals surface area contributed by atoms with Gasteiger partial charge in [0.1, 0.15) is 0 Å². The van der Waals surface area contributed by atoms with Crippen LogP contribution in [-0.4, -0.2) is 64.4 Å². The summed E-state index contributed by atoms with van der Waals surface area (Å²) in [5.74, 6) is -4.35. The third-order valence-electron chi connectivity index (χ3n) is 5.30.